The Hall–Kier alpha value is -3.74. The van der Waals surface area contributed by atoms with Gasteiger partial charge in [-0.1, -0.05) is 60.2 Å². The number of hydrogen-bond donors (Lipinski definition) is 0. The lowest BCUT2D eigenvalue weighted by Gasteiger charge is -2.26. The number of benzene rings is 3. The van der Waals surface area contributed by atoms with Crippen molar-refractivity contribution in [2.45, 2.75) is 18.4 Å². The van der Waals surface area contributed by atoms with Crippen molar-refractivity contribution in [2.75, 3.05) is 11.4 Å². The van der Waals surface area contributed by atoms with Crippen molar-refractivity contribution in [1.82, 2.24) is 0 Å². The summed E-state index contributed by atoms with van der Waals surface area (Å²) in [5, 5.41) is 0. The fraction of sp³-hybridized carbons (Fsp3) is 0.130. The van der Waals surface area contributed by atoms with Crippen LogP contribution in [0.5, 0.6) is 0 Å². The molecule has 0 aromatic heterocycles. The molecule has 0 saturated heterocycles. The van der Waals surface area contributed by atoms with Gasteiger partial charge in [-0.2, -0.15) is 4.79 Å². The molecule has 0 N–H and O–H groups in total. The smallest absolute Gasteiger partial charge is 0.422 e. The monoisotopic (exact) mass is 435 g/mol. The molecular formula is C23H21N3O4S. The first-order valence-electron chi connectivity index (χ1n) is 9.41. The Morgan fingerprint density at radius 2 is 1.58 bits per heavy atom. The van der Waals surface area contributed by atoms with Crippen LogP contribution in [0.25, 0.3) is 5.53 Å². The van der Waals surface area contributed by atoms with Gasteiger partial charge < -0.3 is 10.3 Å². The molecule has 3 aromatic rings. The molecule has 8 heteroatoms. The molecule has 0 unspecified atom stereocenters. The highest BCUT2D eigenvalue weighted by atomic mass is 32.2. The predicted molar refractivity (Wildman–Crippen MR) is 117 cm³/mol. The fourth-order valence-electron chi connectivity index (χ4n) is 3.08. The number of aryl methyl sites for hydroxylation is 1. The number of rotatable bonds is 7. The summed E-state index contributed by atoms with van der Waals surface area (Å²) in [6.07, 6.45) is 0. The van der Waals surface area contributed by atoms with Crippen LogP contribution in [0.1, 0.15) is 16.7 Å². The summed E-state index contributed by atoms with van der Waals surface area (Å²) in [7, 11) is -2.87. The molecule has 3 aromatic carbocycles. The molecule has 158 valence electrons. The van der Waals surface area contributed by atoms with Crippen molar-refractivity contribution < 1.29 is 22.7 Å². The van der Waals surface area contributed by atoms with Gasteiger partial charge in [0.25, 0.3) is 10.0 Å². The number of carbonyl (C=O) groups excluding carboxylic acids is 1. The van der Waals surface area contributed by atoms with E-state index < -0.39 is 21.7 Å². The van der Waals surface area contributed by atoms with Crippen molar-refractivity contribution in [1.29, 1.82) is 0 Å². The molecule has 0 amide bonds. The predicted octanol–water partition coefficient (Wildman–Crippen LogP) is 3.58. The third-order valence-electron chi connectivity index (χ3n) is 4.68. The van der Waals surface area contributed by atoms with E-state index in [1.165, 1.54) is 22.5 Å². The normalized spacial score (nSPS) is 10.8. The van der Waals surface area contributed by atoms with Crippen LogP contribution in [-0.4, -0.2) is 32.0 Å². The maximum Gasteiger partial charge on any atom is 0.422 e. The summed E-state index contributed by atoms with van der Waals surface area (Å²) >= 11 is 0. The third-order valence-corrected chi connectivity index (χ3v) is 6.46. The molecular weight excluding hydrogens is 414 g/mol. The summed E-state index contributed by atoms with van der Waals surface area (Å²) in [4.78, 5) is 15.3. The van der Waals surface area contributed by atoms with E-state index in [-0.39, 0.29) is 22.7 Å². The minimum Gasteiger partial charge on any atom is -0.460 e. The molecule has 0 bridgehead atoms. The first-order chi connectivity index (χ1) is 14.9. The van der Waals surface area contributed by atoms with Gasteiger partial charge in [0.2, 0.25) is 0 Å². The number of hydrogen-bond acceptors (Lipinski definition) is 4. The summed E-state index contributed by atoms with van der Waals surface area (Å²) in [5.41, 5.74) is 11.0. The van der Waals surface area contributed by atoms with Gasteiger partial charge in [-0.25, -0.2) is 13.2 Å². The van der Waals surface area contributed by atoms with Gasteiger partial charge in [-0.05, 0) is 36.8 Å². The largest absolute Gasteiger partial charge is 0.460 e. The second-order valence-corrected chi connectivity index (χ2v) is 8.63. The van der Waals surface area contributed by atoms with Crippen molar-refractivity contribution in [3.05, 3.63) is 101 Å². The molecule has 0 spiro atoms. The minimum atomic E-state index is -4.02. The number of nitrogens with zero attached hydrogens (tertiary/aromatic N) is 3. The van der Waals surface area contributed by atoms with Crippen LogP contribution < -0.4 is 4.31 Å². The number of methoxy groups -OCH3 is 1. The first kappa shape index (κ1) is 22.0. The van der Waals surface area contributed by atoms with Crippen LogP contribution >= 0.6 is 0 Å². The zero-order valence-electron chi connectivity index (χ0n) is 17.1. The molecule has 0 aliphatic carbocycles. The van der Waals surface area contributed by atoms with E-state index in [2.05, 4.69) is 4.79 Å². The van der Waals surface area contributed by atoms with Gasteiger partial charge in [0, 0.05) is 0 Å². The molecule has 0 aliphatic rings. The molecule has 0 radical (unpaired) electrons. The Morgan fingerprint density at radius 1 is 0.968 bits per heavy atom. The number of anilines is 1. The topological polar surface area (TPSA) is 100 Å². The van der Waals surface area contributed by atoms with Gasteiger partial charge in [-0.15, -0.1) is 0 Å². The average molecular weight is 436 g/mol. The Morgan fingerprint density at radius 3 is 2.19 bits per heavy atom. The second kappa shape index (κ2) is 9.38. The second-order valence-electron chi connectivity index (χ2n) is 6.77. The molecule has 31 heavy (non-hydrogen) atoms. The van der Waals surface area contributed by atoms with E-state index in [0.717, 1.165) is 18.2 Å². The van der Waals surface area contributed by atoms with E-state index in [0.29, 0.717) is 0 Å². The number of para-hydroxylation sites is 1. The third kappa shape index (κ3) is 4.71. The summed E-state index contributed by atoms with van der Waals surface area (Å²) in [6.45, 7) is 1.88. The molecule has 0 aliphatic heterocycles. The number of ether oxygens (including phenoxy) is 1. The van der Waals surface area contributed by atoms with E-state index in [1.54, 1.807) is 30.3 Å². The number of esters is 1. The van der Waals surface area contributed by atoms with Gasteiger partial charge in [0.1, 0.15) is 0 Å². The van der Waals surface area contributed by atoms with Crippen LogP contribution in [0.4, 0.5) is 5.69 Å². The maximum absolute atomic E-state index is 13.7. The highest BCUT2D eigenvalue weighted by Crippen LogP contribution is 2.29. The molecule has 0 atom stereocenters. The van der Waals surface area contributed by atoms with Crippen LogP contribution in [-0.2, 0) is 26.1 Å². The number of sulfonamides is 1. The molecule has 0 saturated carbocycles. The maximum atomic E-state index is 13.7. The van der Waals surface area contributed by atoms with Crippen molar-refractivity contribution in [3.8, 4) is 0 Å². The lowest BCUT2D eigenvalue weighted by atomic mass is 10.1. The molecule has 7 nitrogen and oxygen atoms in total. The Labute approximate surface area is 181 Å². The first-order valence-corrected chi connectivity index (χ1v) is 10.9. The zero-order chi connectivity index (χ0) is 22.4. The van der Waals surface area contributed by atoms with E-state index in [4.69, 9.17) is 4.74 Å². The van der Waals surface area contributed by atoms with Gasteiger partial charge in [0.05, 0.1) is 29.8 Å². The average Bonchev–Trinajstić information content (AvgIpc) is 2.79. The Kier molecular flexibility index (Phi) is 6.65. The van der Waals surface area contributed by atoms with Crippen LogP contribution in [0.3, 0.4) is 0 Å². The Bertz CT molecular complexity index is 1230. The van der Waals surface area contributed by atoms with Gasteiger partial charge in [-0.3, -0.25) is 4.31 Å². The summed E-state index contributed by atoms with van der Waals surface area (Å²) < 4.78 is 33.2. The van der Waals surface area contributed by atoms with Crippen molar-refractivity contribution in [2.24, 2.45) is 0 Å². The van der Waals surface area contributed by atoms with E-state index in [1.807, 2.05) is 37.3 Å². The quantitative estimate of drug-likeness (QED) is 0.245. The lowest BCUT2D eigenvalue weighted by Crippen LogP contribution is -2.33. The fourth-order valence-corrected chi connectivity index (χ4v) is 4.55. The summed E-state index contributed by atoms with van der Waals surface area (Å²) in [5.74, 6) is -0.887. The van der Waals surface area contributed by atoms with Crippen molar-refractivity contribution >= 4 is 27.4 Å². The number of carbonyl (C=O) groups is 1. The minimum absolute atomic E-state index is 0.00788. The molecule has 3 rings (SSSR count). The van der Waals surface area contributed by atoms with E-state index in [9.17, 15) is 18.7 Å². The standard InChI is InChI=1S/C23H21N3O4S/c1-17-12-14-19(15-13-17)31(28,29)26(16-18-8-4-3-5-9-18)21-11-7-6-10-20(21)22(25-24)23(27)30-2/h3-15H,16H2,1-2H3. The van der Waals surface area contributed by atoms with Crippen LogP contribution in [0, 0.1) is 6.92 Å². The van der Waals surface area contributed by atoms with E-state index >= 15 is 0 Å². The molecule has 0 fully saturated rings. The zero-order valence-corrected chi connectivity index (χ0v) is 17.9. The van der Waals surface area contributed by atoms with Crippen molar-refractivity contribution in [3.63, 3.8) is 0 Å². The molecule has 0 heterocycles. The van der Waals surface area contributed by atoms with Crippen LogP contribution in [0.15, 0.2) is 83.8 Å². The summed E-state index contributed by atoms with van der Waals surface area (Å²) in [6, 6.07) is 21.9. The van der Waals surface area contributed by atoms with Crippen LogP contribution in [0.2, 0.25) is 0 Å². The highest BCUT2D eigenvalue weighted by Gasteiger charge is 2.33. The lowest BCUT2D eigenvalue weighted by molar-refractivity contribution is -0.137. The van der Waals surface area contributed by atoms with Gasteiger partial charge in [0.15, 0.2) is 0 Å². The SMILES string of the molecule is COC(=O)C(=[N+]=[N-])c1ccccc1N(Cc1ccccc1)S(=O)(=O)c1ccc(C)cc1. The van der Waals surface area contributed by atoms with Gasteiger partial charge >= 0.3 is 11.7 Å². The highest BCUT2D eigenvalue weighted by molar-refractivity contribution is 7.92. The Balaban J connectivity index is 2.22.